The van der Waals surface area contributed by atoms with Gasteiger partial charge in [0.1, 0.15) is 4.47 Å². The lowest BCUT2D eigenvalue weighted by Crippen LogP contribution is -2.42. The highest BCUT2D eigenvalue weighted by molar-refractivity contribution is 9.10. The number of hydrogen-bond donors (Lipinski definition) is 1. The van der Waals surface area contributed by atoms with Crippen molar-refractivity contribution >= 4 is 21.6 Å². The van der Waals surface area contributed by atoms with E-state index in [9.17, 15) is 4.79 Å². The molecule has 5 nitrogen and oxygen atoms in total. The third kappa shape index (κ3) is 2.92. The number of nitrogens with zero attached hydrogens (tertiary/aromatic N) is 3. The SMILES string of the molecule is CCN1CCCC(Nc2cnn(C)c(=O)c2Br)C1. The highest BCUT2D eigenvalue weighted by Crippen LogP contribution is 2.20. The van der Waals surface area contributed by atoms with Crippen molar-refractivity contribution in [3.63, 3.8) is 0 Å². The lowest BCUT2D eigenvalue weighted by molar-refractivity contribution is 0.227. The van der Waals surface area contributed by atoms with E-state index >= 15 is 0 Å². The summed E-state index contributed by atoms with van der Waals surface area (Å²) in [6, 6.07) is 0.393. The summed E-state index contributed by atoms with van der Waals surface area (Å²) < 4.78 is 1.89. The van der Waals surface area contributed by atoms with Gasteiger partial charge < -0.3 is 10.2 Å². The summed E-state index contributed by atoms with van der Waals surface area (Å²) in [6.07, 6.45) is 4.04. The smallest absolute Gasteiger partial charge is 0.282 e. The number of nitrogens with one attached hydrogen (secondary N) is 1. The minimum Gasteiger partial charge on any atom is -0.379 e. The molecule has 1 unspecified atom stereocenters. The molecule has 0 aromatic carbocycles. The number of rotatable bonds is 3. The summed E-state index contributed by atoms with van der Waals surface area (Å²) in [5.74, 6) is 0. The van der Waals surface area contributed by atoms with Crippen molar-refractivity contribution in [2.24, 2.45) is 7.05 Å². The summed E-state index contributed by atoms with van der Waals surface area (Å²) >= 11 is 3.34. The van der Waals surface area contributed by atoms with Gasteiger partial charge >= 0.3 is 0 Å². The molecule has 1 aliphatic heterocycles. The molecule has 1 aromatic heterocycles. The Morgan fingerprint density at radius 2 is 2.39 bits per heavy atom. The molecule has 2 rings (SSSR count). The maximum atomic E-state index is 11.8. The standard InChI is InChI=1S/C12H19BrN4O/c1-3-17-6-4-5-9(8-17)15-10-7-14-16(2)12(18)11(10)13/h7,9,15H,3-6,8H2,1-2H3. The lowest BCUT2D eigenvalue weighted by atomic mass is 10.1. The minimum absolute atomic E-state index is 0.108. The number of likely N-dealkylation sites (tertiary alicyclic amines) is 1. The number of hydrogen-bond acceptors (Lipinski definition) is 4. The Hall–Kier alpha value is -0.880. The highest BCUT2D eigenvalue weighted by Gasteiger charge is 2.19. The van der Waals surface area contributed by atoms with Crippen molar-refractivity contribution in [3.8, 4) is 0 Å². The Morgan fingerprint density at radius 3 is 3.11 bits per heavy atom. The van der Waals surface area contributed by atoms with E-state index in [1.165, 1.54) is 17.6 Å². The maximum Gasteiger partial charge on any atom is 0.282 e. The highest BCUT2D eigenvalue weighted by atomic mass is 79.9. The van der Waals surface area contributed by atoms with Gasteiger partial charge in [0.25, 0.3) is 5.56 Å². The van der Waals surface area contributed by atoms with Crippen molar-refractivity contribution in [2.75, 3.05) is 25.0 Å². The second-order valence-electron chi connectivity index (χ2n) is 4.68. The fourth-order valence-corrected chi connectivity index (χ4v) is 2.77. The van der Waals surface area contributed by atoms with Gasteiger partial charge in [-0.05, 0) is 41.9 Å². The second-order valence-corrected chi connectivity index (χ2v) is 5.47. The van der Waals surface area contributed by atoms with Crippen LogP contribution in [0.5, 0.6) is 0 Å². The Balaban J connectivity index is 2.10. The van der Waals surface area contributed by atoms with E-state index < -0.39 is 0 Å². The van der Waals surface area contributed by atoms with Crippen LogP contribution < -0.4 is 10.9 Å². The number of aryl methyl sites for hydroxylation is 1. The lowest BCUT2D eigenvalue weighted by Gasteiger charge is -2.32. The minimum atomic E-state index is -0.108. The quantitative estimate of drug-likeness (QED) is 0.917. The summed E-state index contributed by atoms with van der Waals surface area (Å²) in [5.41, 5.74) is 0.684. The van der Waals surface area contributed by atoms with Crippen molar-refractivity contribution in [1.29, 1.82) is 0 Å². The fraction of sp³-hybridized carbons (Fsp3) is 0.667. The van der Waals surface area contributed by atoms with Crippen molar-refractivity contribution in [2.45, 2.75) is 25.8 Å². The van der Waals surface area contributed by atoms with E-state index in [2.05, 4.69) is 38.2 Å². The zero-order valence-corrected chi connectivity index (χ0v) is 12.4. The molecule has 100 valence electrons. The molecular weight excluding hydrogens is 296 g/mol. The third-order valence-corrected chi connectivity index (χ3v) is 4.16. The Bertz CT molecular complexity index is 474. The van der Waals surface area contributed by atoms with Crippen molar-refractivity contribution < 1.29 is 0 Å². The Labute approximate surface area is 115 Å². The summed E-state index contributed by atoms with van der Waals surface area (Å²) in [4.78, 5) is 14.2. The summed E-state index contributed by atoms with van der Waals surface area (Å²) in [7, 11) is 1.65. The molecule has 1 atom stereocenters. The molecule has 1 fully saturated rings. The normalized spacial score (nSPS) is 20.9. The molecule has 0 amide bonds. The first-order valence-corrected chi connectivity index (χ1v) is 7.11. The van der Waals surface area contributed by atoms with Crippen LogP contribution in [-0.4, -0.2) is 40.4 Å². The zero-order chi connectivity index (χ0) is 13.1. The van der Waals surface area contributed by atoms with Gasteiger partial charge in [0, 0.05) is 19.6 Å². The predicted molar refractivity (Wildman–Crippen MR) is 75.9 cm³/mol. The van der Waals surface area contributed by atoms with Gasteiger partial charge in [0.15, 0.2) is 0 Å². The van der Waals surface area contributed by atoms with Crippen LogP contribution in [0.3, 0.4) is 0 Å². The average molecular weight is 315 g/mol. The van der Waals surface area contributed by atoms with E-state index in [1.54, 1.807) is 13.2 Å². The molecule has 2 heterocycles. The van der Waals surface area contributed by atoms with E-state index in [4.69, 9.17) is 0 Å². The van der Waals surface area contributed by atoms with Gasteiger partial charge in [-0.25, -0.2) is 4.68 Å². The zero-order valence-electron chi connectivity index (χ0n) is 10.8. The van der Waals surface area contributed by atoms with Crippen LogP contribution in [0, 0.1) is 0 Å². The molecule has 1 aliphatic rings. The maximum absolute atomic E-state index is 11.8. The van der Waals surface area contributed by atoms with E-state index in [0.717, 1.165) is 25.2 Å². The van der Waals surface area contributed by atoms with E-state index in [-0.39, 0.29) is 5.56 Å². The second kappa shape index (κ2) is 5.84. The first-order chi connectivity index (χ1) is 8.61. The van der Waals surface area contributed by atoms with Crippen LogP contribution in [0.15, 0.2) is 15.5 Å². The predicted octanol–water partition coefficient (Wildman–Crippen LogP) is 1.44. The average Bonchev–Trinajstić information content (AvgIpc) is 2.40. The Morgan fingerprint density at radius 1 is 1.61 bits per heavy atom. The van der Waals surface area contributed by atoms with E-state index in [1.807, 2.05) is 0 Å². The van der Waals surface area contributed by atoms with Gasteiger partial charge in [0.2, 0.25) is 0 Å². The van der Waals surface area contributed by atoms with Gasteiger partial charge in [-0.15, -0.1) is 0 Å². The van der Waals surface area contributed by atoms with E-state index in [0.29, 0.717) is 10.5 Å². The molecule has 18 heavy (non-hydrogen) atoms. The number of piperidine rings is 1. The van der Waals surface area contributed by atoms with Gasteiger partial charge in [-0.2, -0.15) is 5.10 Å². The van der Waals surface area contributed by atoms with Crippen LogP contribution in [-0.2, 0) is 7.05 Å². The molecule has 0 saturated carbocycles. The molecule has 1 N–H and O–H groups in total. The molecule has 0 radical (unpaired) electrons. The van der Waals surface area contributed by atoms with Crippen molar-refractivity contribution in [3.05, 3.63) is 21.0 Å². The van der Waals surface area contributed by atoms with Crippen LogP contribution >= 0.6 is 15.9 Å². The molecule has 0 aliphatic carbocycles. The summed E-state index contributed by atoms with van der Waals surface area (Å²) in [6.45, 7) is 5.45. The summed E-state index contributed by atoms with van der Waals surface area (Å²) in [5, 5.41) is 7.46. The molecule has 1 saturated heterocycles. The molecule has 0 spiro atoms. The monoisotopic (exact) mass is 314 g/mol. The molecule has 1 aromatic rings. The first kappa shape index (κ1) is 13.5. The van der Waals surface area contributed by atoms with Crippen LogP contribution in [0.4, 0.5) is 5.69 Å². The molecule has 6 heteroatoms. The first-order valence-electron chi connectivity index (χ1n) is 6.32. The van der Waals surface area contributed by atoms with Gasteiger partial charge in [0.05, 0.1) is 11.9 Å². The van der Waals surface area contributed by atoms with Crippen LogP contribution in [0.25, 0.3) is 0 Å². The van der Waals surface area contributed by atoms with Gasteiger partial charge in [-0.1, -0.05) is 6.92 Å². The van der Waals surface area contributed by atoms with Crippen LogP contribution in [0.2, 0.25) is 0 Å². The third-order valence-electron chi connectivity index (χ3n) is 3.39. The van der Waals surface area contributed by atoms with Crippen LogP contribution in [0.1, 0.15) is 19.8 Å². The molecule has 0 bridgehead atoms. The largest absolute Gasteiger partial charge is 0.379 e. The fourth-order valence-electron chi connectivity index (χ4n) is 2.29. The number of anilines is 1. The van der Waals surface area contributed by atoms with Gasteiger partial charge in [-0.3, -0.25) is 4.79 Å². The molecular formula is C12H19BrN4O. The number of likely N-dealkylation sites (N-methyl/N-ethyl adjacent to an activating group) is 1. The Kier molecular flexibility index (Phi) is 4.40. The topological polar surface area (TPSA) is 50.2 Å². The number of halogens is 1. The number of aromatic nitrogens is 2. The van der Waals surface area contributed by atoms with Crippen molar-refractivity contribution in [1.82, 2.24) is 14.7 Å².